The van der Waals surface area contributed by atoms with Gasteiger partial charge in [0.1, 0.15) is 0 Å². The second kappa shape index (κ2) is 7.04. The fourth-order valence-corrected chi connectivity index (χ4v) is 3.64. The number of carbonyl (C=O) groups is 1. The normalized spacial score (nSPS) is 11.6. The predicted octanol–water partition coefficient (Wildman–Crippen LogP) is 3.57. The first-order valence-corrected chi connectivity index (χ1v) is 9.47. The Kier molecular flexibility index (Phi) is 5.47. The van der Waals surface area contributed by atoms with Crippen molar-refractivity contribution in [3.05, 3.63) is 57.6 Å². The summed E-state index contributed by atoms with van der Waals surface area (Å²) < 4.78 is 27.0. The van der Waals surface area contributed by atoms with E-state index in [4.69, 9.17) is 0 Å². The molecule has 0 aliphatic carbocycles. The largest absolute Gasteiger partial charge is 0.322 e. The fourth-order valence-electron chi connectivity index (χ4n) is 2.16. The number of benzene rings is 2. The van der Waals surface area contributed by atoms with Crippen LogP contribution in [-0.4, -0.2) is 32.7 Å². The third kappa shape index (κ3) is 3.85. The lowest BCUT2D eigenvalue weighted by Crippen LogP contribution is -2.24. The molecule has 24 heavy (non-hydrogen) atoms. The smallest absolute Gasteiger partial charge is 0.255 e. The summed E-state index contributed by atoms with van der Waals surface area (Å²) in [7, 11) is -0.676. The number of amides is 1. The Morgan fingerprint density at radius 1 is 1.08 bits per heavy atom. The van der Waals surface area contributed by atoms with Crippen molar-refractivity contribution in [1.82, 2.24) is 4.31 Å². The highest BCUT2D eigenvalue weighted by Crippen LogP contribution is 2.24. The van der Waals surface area contributed by atoms with Gasteiger partial charge in [0.05, 0.1) is 4.90 Å². The van der Waals surface area contributed by atoms with Crippen LogP contribution in [0, 0.1) is 13.8 Å². The molecule has 0 unspecified atom stereocenters. The number of rotatable bonds is 4. The standard InChI is InChI=1S/C17H19BrN2O3S/c1-11-9-13(10-16(12(11)2)24(22,23)20(3)4)17(21)19-15-7-5-14(18)6-8-15/h5-10H,1-4H3,(H,19,21). The van der Waals surface area contributed by atoms with Crippen molar-refractivity contribution in [3.8, 4) is 0 Å². The molecule has 7 heteroatoms. The molecular formula is C17H19BrN2O3S. The molecule has 2 rings (SSSR count). The molecule has 2 aromatic carbocycles. The van der Waals surface area contributed by atoms with E-state index in [0.717, 1.165) is 14.3 Å². The lowest BCUT2D eigenvalue weighted by Gasteiger charge is -2.16. The second-order valence-electron chi connectivity index (χ2n) is 5.66. The van der Waals surface area contributed by atoms with Gasteiger partial charge in [-0.15, -0.1) is 0 Å². The maximum Gasteiger partial charge on any atom is 0.255 e. The van der Waals surface area contributed by atoms with E-state index in [1.807, 2.05) is 12.1 Å². The number of anilines is 1. The highest BCUT2D eigenvalue weighted by atomic mass is 79.9. The van der Waals surface area contributed by atoms with Crippen molar-refractivity contribution in [1.29, 1.82) is 0 Å². The lowest BCUT2D eigenvalue weighted by atomic mass is 10.1. The molecule has 0 heterocycles. The van der Waals surface area contributed by atoms with E-state index in [2.05, 4.69) is 21.2 Å². The zero-order valence-corrected chi connectivity index (χ0v) is 16.3. The number of hydrogen-bond donors (Lipinski definition) is 1. The number of nitrogens with zero attached hydrogens (tertiary/aromatic N) is 1. The Morgan fingerprint density at radius 2 is 1.67 bits per heavy atom. The number of carbonyl (C=O) groups excluding carboxylic acids is 1. The van der Waals surface area contributed by atoms with Crippen LogP contribution in [0.25, 0.3) is 0 Å². The van der Waals surface area contributed by atoms with E-state index in [1.165, 1.54) is 20.2 Å². The van der Waals surface area contributed by atoms with E-state index in [9.17, 15) is 13.2 Å². The van der Waals surface area contributed by atoms with Gasteiger partial charge in [-0.1, -0.05) is 15.9 Å². The zero-order chi connectivity index (χ0) is 18.1. The summed E-state index contributed by atoms with van der Waals surface area (Å²) >= 11 is 3.33. The molecule has 5 nitrogen and oxygen atoms in total. The SMILES string of the molecule is Cc1cc(C(=O)Nc2ccc(Br)cc2)cc(S(=O)(=O)N(C)C)c1C. The molecule has 0 saturated carbocycles. The Labute approximate surface area is 150 Å². The van der Waals surface area contributed by atoms with Gasteiger partial charge in [0.25, 0.3) is 5.91 Å². The van der Waals surface area contributed by atoms with Crippen LogP contribution >= 0.6 is 15.9 Å². The first-order valence-electron chi connectivity index (χ1n) is 7.23. The predicted molar refractivity (Wildman–Crippen MR) is 98.9 cm³/mol. The monoisotopic (exact) mass is 410 g/mol. The van der Waals surface area contributed by atoms with Gasteiger partial charge in [-0.3, -0.25) is 4.79 Å². The fraction of sp³-hybridized carbons (Fsp3) is 0.235. The van der Waals surface area contributed by atoms with Crippen LogP contribution in [0.15, 0.2) is 45.8 Å². The quantitative estimate of drug-likeness (QED) is 0.837. The molecule has 0 aliphatic rings. The Morgan fingerprint density at radius 3 is 2.21 bits per heavy atom. The van der Waals surface area contributed by atoms with Crippen molar-refractivity contribution in [2.75, 3.05) is 19.4 Å². The van der Waals surface area contributed by atoms with Crippen molar-refractivity contribution in [2.45, 2.75) is 18.7 Å². The van der Waals surface area contributed by atoms with Gasteiger partial charge in [0.15, 0.2) is 0 Å². The van der Waals surface area contributed by atoms with Gasteiger partial charge in [-0.25, -0.2) is 12.7 Å². The minimum Gasteiger partial charge on any atom is -0.322 e. The Hall–Kier alpha value is -1.70. The molecule has 0 saturated heterocycles. The minimum atomic E-state index is -3.62. The number of aryl methyl sites for hydroxylation is 1. The van der Waals surface area contributed by atoms with E-state index in [-0.39, 0.29) is 10.8 Å². The molecule has 0 aliphatic heterocycles. The summed E-state index contributed by atoms with van der Waals surface area (Å²) in [5.41, 5.74) is 2.34. The zero-order valence-electron chi connectivity index (χ0n) is 13.9. The van der Waals surface area contributed by atoms with Crippen molar-refractivity contribution >= 4 is 37.5 Å². The molecule has 0 aromatic heterocycles. The van der Waals surface area contributed by atoms with Crippen LogP contribution in [0.4, 0.5) is 5.69 Å². The average molecular weight is 411 g/mol. The van der Waals surface area contributed by atoms with Crippen LogP contribution in [-0.2, 0) is 10.0 Å². The summed E-state index contributed by atoms with van der Waals surface area (Å²) in [6.45, 7) is 3.53. The van der Waals surface area contributed by atoms with E-state index < -0.39 is 10.0 Å². The van der Waals surface area contributed by atoms with Crippen LogP contribution < -0.4 is 5.32 Å². The van der Waals surface area contributed by atoms with Crippen molar-refractivity contribution in [3.63, 3.8) is 0 Å². The summed E-state index contributed by atoms with van der Waals surface area (Å²) in [5.74, 6) is -0.351. The van der Waals surface area contributed by atoms with Gasteiger partial charge in [-0.2, -0.15) is 0 Å². The molecule has 2 aromatic rings. The summed E-state index contributed by atoms with van der Waals surface area (Å²) in [5, 5.41) is 2.77. The number of hydrogen-bond acceptors (Lipinski definition) is 3. The highest BCUT2D eigenvalue weighted by Gasteiger charge is 2.23. The molecule has 0 bridgehead atoms. The summed E-state index contributed by atoms with van der Waals surface area (Å²) in [6, 6.07) is 10.3. The molecular weight excluding hydrogens is 392 g/mol. The van der Waals surface area contributed by atoms with Crippen LogP contribution in [0.3, 0.4) is 0 Å². The first kappa shape index (κ1) is 18.6. The summed E-state index contributed by atoms with van der Waals surface area (Å²) in [4.78, 5) is 12.6. The topological polar surface area (TPSA) is 66.5 Å². The molecule has 0 spiro atoms. The molecule has 0 atom stereocenters. The molecule has 1 N–H and O–H groups in total. The number of nitrogens with one attached hydrogen (secondary N) is 1. The van der Waals surface area contributed by atoms with E-state index in [0.29, 0.717) is 16.8 Å². The summed E-state index contributed by atoms with van der Waals surface area (Å²) in [6.07, 6.45) is 0. The molecule has 0 fully saturated rings. The van der Waals surface area contributed by atoms with E-state index in [1.54, 1.807) is 32.0 Å². The van der Waals surface area contributed by atoms with Gasteiger partial charge in [0.2, 0.25) is 10.0 Å². The van der Waals surface area contributed by atoms with Crippen LogP contribution in [0.5, 0.6) is 0 Å². The van der Waals surface area contributed by atoms with Crippen molar-refractivity contribution < 1.29 is 13.2 Å². The minimum absolute atomic E-state index is 0.147. The number of halogens is 1. The maximum absolute atomic E-state index is 12.5. The van der Waals surface area contributed by atoms with Gasteiger partial charge in [0, 0.05) is 29.8 Å². The Bertz CT molecular complexity index is 875. The van der Waals surface area contributed by atoms with Crippen molar-refractivity contribution in [2.24, 2.45) is 0 Å². The highest BCUT2D eigenvalue weighted by molar-refractivity contribution is 9.10. The molecule has 128 valence electrons. The second-order valence-corrected chi connectivity index (χ2v) is 8.70. The van der Waals surface area contributed by atoms with Gasteiger partial charge >= 0.3 is 0 Å². The third-order valence-corrected chi connectivity index (χ3v) is 6.21. The molecule has 0 radical (unpaired) electrons. The van der Waals surface area contributed by atoms with Crippen LogP contribution in [0.1, 0.15) is 21.5 Å². The van der Waals surface area contributed by atoms with Crippen LogP contribution in [0.2, 0.25) is 0 Å². The average Bonchev–Trinajstić information content (AvgIpc) is 2.51. The third-order valence-electron chi connectivity index (χ3n) is 3.74. The first-order chi connectivity index (χ1) is 11.1. The van der Waals surface area contributed by atoms with E-state index >= 15 is 0 Å². The molecule has 1 amide bonds. The Balaban J connectivity index is 2.42. The maximum atomic E-state index is 12.5. The number of sulfonamides is 1. The van der Waals surface area contributed by atoms with Gasteiger partial charge < -0.3 is 5.32 Å². The lowest BCUT2D eigenvalue weighted by molar-refractivity contribution is 0.102. The van der Waals surface area contributed by atoms with Gasteiger partial charge in [-0.05, 0) is 61.4 Å².